The Bertz CT molecular complexity index is 1130. The third kappa shape index (κ3) is 6.70. The van der Waals surface area contributed by atoms with Gasteiger partial charge in [-0.15, -0.1) is 0 Å². The molecule has 0 saturated carbocycles. The quantitative estimate of drug-likeness (QED) is 0.423. The maximum absolute atomic E-state index is 13.5. The Labute approximate surface area is 210 Å². The molecule has 3 aromatic carbocycles. The van der Waals surface area contributed by atoms with Crippen molar-refractivity contribution in [3.63, 3.8) is 0 Å². The highest BCUT2D eigenvalue weighted by molar-refractivity contribution is 9.10. The van der Waals surface area contributed by atoms with Gasteiger partial charge < -0.3 is 15.0 Å². The Hall–Kier alpha value is -3.12. The number of hydrogen-bond donors (Lipinski definition) is 1. The van der Waals surface area contributed by atoms with Crippen LogP contribution < -0.4 is 10.1 Å². The predicted molar refractivity (Wildman–Crippen MR) is 139 cm³/mol. The fourth-order valence-corrected chi connectivity index (χ4v) is 4.14. The number of amides is 2. The van der Waals surface area contributed by atoms with Crippen molar-refractivity contribution < 1.29 is 14.3 Å². The van der Waals surface area contributed by atoms with Crippen molar-refractivity contribution in [1.29, 1.82) is 0 Å². The lowest BCUT2D eigenvalue weighted by molar-refractivity contribution is -0.142. The van der Waals surface area contributed by atoms with Crippen LogP contribution in [-0.4, -0.2) is 36.4 Å². The molecule has 34 heavy (non-hydrogen) atoms. The van der Waals surface area contributed by atoms with Gasteiger partial charge in [-0.2, -0.15) is 0 Å². The van der Waals surface area contributed by atoms with Gasteiger partial charge in [0, 0.05) is 24.5 Å². The summed E-state index contributed by atoms with van der Waals surface area (Å²) in [6.07, 6.45) is 0.408. The van der Waals surface area contributed by atoms with Gasteiger partial charge in [-0.1, -0.05) is 64.5 Å². The van der Waals surface area contributed by atoms with E-state index in [-0.39, 0.29) is 18.4 Å². The monoisotopic (exact) mass is 522 g/mol. The predicted octanol–water partition coefficient (Wildman–Crippen LogP) is 5.14. The second-order valence-electron chi connectivity index (χ2n) is 8.46. The smallest absolute Gasteiger partial charge is 0.261 e. The van der Waals surface area contributed by atoms with Crippen molar-refractivity contribution in [1.82, 2.24) is 10.2 Å². The lowest BCUT2D eigenvalue weighted by atomic mass is 10.0. The van der Waals surface area contributed by atoms with Gasteiger partial charge in [0.2, 0.25) is 5.91 Å². The third-order valence-corrected chi connectivity index (χ3v) is 6.43. The zero-order valence-corrected chi connectivity index (χ0v) is 21.7. The van der Waals surface area contributed by atoms with Crippen LogP contribution in [0, 0.1) is 20.8 Å². The number of benzene rings is 3. The molecule has 0 spiro atoms. The van der Waals surface area contributed by atoms with E-state index in [2.05, 4.69) is 27.3 Å². The van der Waals surface area contributed by atoms with Crippen molar-refractivity contribution in [2.24, 2.45) is 0 Å². The molecule has 1 atom stereocenters. The minimum atomic E-state index is -0.674. The first-order chi connectivity index (χ1) is 16.3. The molecule has 0 radical (unpaired) electrons. The normalized spacial score (nSPS) is 11.6. The highest BCUT2D eigenvalue weighted by atomic mass is 79.9. The van der Waals surface area contributed by atoms with E-state index in [1.807, 2.05) is 81.4 Å². The van der Waals surface area contributed by atoms with Gasteiger partial charge in [-0.25, -0.2) is 0 Å². The highest BCUT2D eigenvalue weighted by Gasteiger charge is 2.30. The van der Waals surface area contributed by atoms with Gasteiger partial charge in [0.1, 0.15) is 11.8 Å². The van der Waals surface area contributed by atoms with Crippen LogP contribution in [0.15, 0.2) is 71.2 Å². The molecular formula is C28H31BrN2O3. The Morgan fingerprint density at radius 1 is 0.971 bits per heavy atom. The minimum Gasteiger partial charge on any atom is -0.483 e. The van der Waals surface area contributed by atoms with Crippen molar-refractivity contribution in [2.75, 3.05) is 13.7 Å². The van der Waals surface area contributed by atoms with E-state index in [1.165, 1.54) is 0 Å². The molecule has 2 amide bonds. The molecule has 5 nitrogen and oxygen atoms in total. The molecule has 0 unspecified atom stereocenters. The lowest BCUT2D eigenvalue weighted by Crippen LogP contribution is -2.51. The average molecular weight is 523 g/mol. The van der Waals surface area contributed by atoms with Gasteiger partial charge in [-0.05, 0) is 66.8 Å². The molecule has 1 N–H and O–H groups in total. The summed E-state index contributed by atoms with van der Waals surface area (Å²) in [5.74, 6) is 0.233. The first-order valence-corrected chi connectivity index (χ1v) is 12.1. The lowest BCUT2D eigenvalue weighted by Gasteiger charge is -2.31. The summed E-state index contributed by atoms with van der Waals surface area (Å²) < 4.78 is 6.93. The number of aryl methyl sites for hydroxylation is 2. The number of ether oxygens (including phenoxy) is 1. The summed E-state index contributed by atoms with van der Waals surface area (Å²) in [5, 5.41) is 2.73. The summed E-state index contributed by atoms with van der Waals surface area (Å²) >= 11 is 3.45. The van der Waals surface area contributed by atoms with Gasteiger partial charge in [-0.3, -0.25) is 9.59 Å². The van der Waals surface area contributed by atoms with Crippen molar-refractivity contribution in [3.8, 4) is 5.75 Å². The fourth-order valence-electron chi connectivity index (χ4n) is 3.88. The van der Waals surface area contributed by atoms with Crippen LogP contribution in [0.25, 0.3) is 0 Å². The molecule has 0 aromatic heterocycles. The number of likely N-dealkylation sites (N-methyl/N-ethyl adjacent to an activating group) is 1. The van der Waals surface area contributed by atoms with Crippen molar-refractivity contribution in [2.45, 2.75) is 39.8 Å². The Kier molecular flexibility index (Phi) is 8.88. The molecule has 0 aliphatic heterocycles. The number of carbonyl (C=O) groups is 2. The van der Waals surface area contributed by atoms with Gasteiger partial charge >= 0.3 is 0 Å². The zero-order chi connectivity index (χ0) is 24.7. The number of hydrogen-bond acceptors (Lipinski definition) is 3. The second-order valence-corrected chi connectivity index (χ2v) is 9.38. The summed E-state index contributed by atoms with van der Waals surface area (Å²) in [7, 11) is 1.60. The summed E-state index contributed by atoms with van der Waals surface area (Å²) in [4.78, 5) is 28.1. The van der Waals surface area contributed by atoms with Crippen LogP contribution >= 0.6 is 15.9 Å². The van der Waals surface area contributed by atoms with Crippen LogP contribution in [0.1, 0.15) is 27.8 Å². The van der Waals surface area contributed by atoms with Crippen LogP contribution in [0.2, 0.25) is 0 Å². The van der Waals surface area contributed by atoms with Crippen molar-refractivity contribution >= 4 is 27.7 Å². The molecule has 0 aliphatic rings. The Morgan fingerprint density at radius 3 is 2.29 bits per heavy atom. The van der Waals surface area contributed by atoms with Gasteiger partial charge in [0.05, 0.1) is 0 Å². The van der Waals surface area contributed by atoms with E-state index in [1.54, 1.807) is 11.9 Å². The topological polar surface area (TPSA) is 58.6 Å². The number of nitrogens with one attached hydrogen (secondary N) is 1. The molecule has 3 rings (SSSR count). The van der Waals surface area contributed by atoms with Crippen LogP contribution in [0.3, 0.4) is 0 Å². The average Bonchev–Trinajstić information content (AvgIpc) is 2.83. The van der Waals surface area contributed by atoms with E-state index >= 15 is 0 Å². The second kappa shape index (κ2) is 11.8. The molecule has 0 heterocycles. The largest absolute Gasteiger partial charge is 0.483 e. The zero-order valence-electron chi connectivity index (χ0n) is 20.1. The SMILES string of the molecule is CNC(=O)[C@H](Cc1ccccc1)N(Cc1ccc(Br)cc1)C(=O)COc1cc(C)cc(C)c1C. The summed E-state index contributed by atoms with van der Waals surface area (Å²) in [6.45, 7) is 6.16. The van der Waals surface area contributed by atoms with Crippen molar-refractivity contribution in [3.05, 3.63) is 99.0 Å². The van der Waals surface area contributed by atoms with Crippen LogP contribution in [0.5, 0.6) is 5.75 Å². The van der Waals surface area contributed by atoms with Crippen LogP contribution in [0.4, 0.5) is 0 Å². The van der Waals surface area contributed by atoms with E-state index < -0.39 is 6.04 Å². The molecule has 3 aromatic rings. The third-order valence-electron chi connectivity index (χ3n) is 5.90. The van der Waals surface area contributed by atoms with E-state index in [0.29, 0.717) is 18.7 Å². The Morgan fingerprint density at radius 2 is 1.65 bits per heavy atom. The first-order valence-electron chi connectivity index (χ1n) is 11.3. The number of halogens is 1. The standard InChI is InChI=1S/C28H31BrN2O3/c1-19-14-20(2)21(3)26(15-19)34-18-27(32)31(17-23-10-12-24(29)13-11-23)25(28(33)30-4)16-22-8-6-5-7-9-22/h5-15,25H,16-18H2,1-4H3,(H,30,33)/t25-/m0/s1. The number of rotatable bonds is 9. The molecule has 0 saturated heterocycles. The fraction of sp³-hybridized carbons (Fsp3) is 0.286. The van der Waals surface area contributed by atoms with E-state index in [4.69, 9.17) is 4.74 Å². The molecule has 178 valence electrons. The van der Waals surface area contributed by atoms with Gasteiger partial charge in [0.25, 0.3) is 5.91 Å². The number of nitrogens with zero attached hydrogens (tertiary/aromatic N) is 1. The molecule has 0 bridgehead atoms. The molecular weight excluding hydrogens is 492 g/mol. The summed E-state index contributed by atoms with van der Waals surface area (Å²) in [6, 6.07) is 20.8. The minimum absolute atomic E-state index is 0.150. The van der Waals surface area contributed by atoms with Crippen LogP contribution in [-0.2, 0) is 22.6 Å². The molecule has 0 fully saturated rings. The maximum Gasteiger partial charge on any atom is 0.261 e. The van der Waals surface area contributed by atoms with E-state index in [0.717, 1.165) is 32.3 Å². The molecule has 6 heteroatoms. The molecule has 0 aliphatic carbocycles. The first kappa shape index (κ1) is 25.5. The maximum atomic E-state index is 13.5. The summed E-state index contributed by atoms with van der Waals surface area (Å²) in [5.41, 5.74) is 5.10. The Balaban J connectivity index is 1.89. The highest BCUT2D eigenvalue weighted by Crippen LogP contribution is 2.24. The number of carbonyl (C=O) groups excluding carboxylic acids is 2. The van der Waals surface area contributed by atoms with E-state index in [9.17, 15) is 9.59 Å². The van der Waals surface area contributed by atoms with Gasteiger partial charge in [0.15, 0.2) is 6.61 Å².